The molecule has 0 aliphatic carbocycles. The van der Waals surface area contributed by atoms with Crippen molar-refractivity contribution in [1.82, 2.24) is 25.2 Å². The molecule has 3 N–H and O–H groups in total. The van der Waals surface area contributed by atoms with Crippen molar-refractivity contribution in [3.8, 4) is 11.3 Å². The van der Waals surface area contributed by atoms with Gasteiger partial charge in [-0.3, -0.25) is 4.90 Å². The maximum Gasteiger partial charge on any atom is 0.223 e. The molecule has 2 aromatic heterocycles. The van der Waals surface area contributed by atoms with Gasteiger partial charge in [-0.1, -0.05) is 24.3 Å². The minimum atomic E-state index is 0.556. The van der Waals surface area contributed by atoms with E-state index in [4.69, 9.17) is 4.98 Å². The standard InChI is InChI=1S/C26H30N6/c1-19-17-27-13-14-32(19)18-21-3-2-4-22(16-21)25-9-12-30-26(31-25)29-10-7-20-5-6-24-23(15-20)8-11-28-24/h2-6,8-9,11-12,15-16,19,27-28H,7,10,13-14,17-18H2,1H3,(H,29,30,31)/t19-/m0/s1. The molecular formula is C26H30N6. The van der Waals surface area contributed by atoms with Gasteiger partial charge in [0.2, 0.25) is 5.95 Å². The second kappa shape index (κ2) is 9.51. The van der Waals surface area contributed by atoms with Crippen molar-refractivity contribution in [3.63, 3.8) is 0 Å². The molecule has 6 heteroatoms. The number of rotatable bonds is 7. The predicted molar refractivity (Wildman–Crippen MR) is 131 cm³/mol. The number of piperazine rings is 1. The molecule has 0 saturated carbocycles. The fraction of sp³-hybridized carbons (Fsp3) is 0.308. The molecule has 1 aliphatic heterocycles. The number of anilines is 1. The van der Waals surface area contributed by atoms with Crippen LogP contribution in [0.4, 0.5) is 5.95 Å². The maximum atomic E-state index is 4.77. The van der Waals surface area contributed by atoms with Crippen LogP contribution >= 0.6 is 0 Å². The lowest BCUT2D eigenvalue weighted by Crippen LogP contribution is -2.49. The molecule has 1 saturated heterocycles. The van der Waals surface area contributed by atoms with E-state index in [1.807, 2.05) is 18.5 Å². The van der Waals surface area contributed by atoms with Crippen LogP contribution in [0.5, 0.6) is 0 Å². The first-order valence-electron chi connectivity index (χ1n) is 11.4. The molecule has 2 aromatic carbocycles. The second-order valence-electron chi connectivity index (χ2n) is 8.57. The van der Waals surface area contributed by atoms with E-state index in [0.29, 0.717) is 12.0 Å². The third-order valence-corrected chi connectivity index (χ3v) is 6.22. The van der Waals surface area contributed by atoms with Crippen molar-refractivity contribution in [3.05, 3.63) is 78.1 Å². The Morgan fingerprint density at radius 3 is 3.00 bits per heavy atom. The smallest absolute Gasteiger partial charge is 0.223 e. The summed E-state index contributed by atoms with van der Waals surface area (Å²) in [7, 11) is 0. The van der Waals surface area contributed by atoms with Crippen molar-refractivity contribution < 1.29 is 0 Å². The third-order valence-electron chi connectivity index (χ3n) is 6.22. The summed E-state index contributed by atoms with van der Waals surface area (Å²) in [6.45, 7) is 7.25. The van der Waals surface area contributed by atoms with Gasteiger partial charge in [-0.05, 0) is 60.2 Å². The van der Waals surface area contributed by atoms with Crippen LogP contribution in [0, 0.1) is 0 Å². The molecule has 0 spiro atoms. The van der Waals surface area contributed by atoms with Crippen molar-refractivity contribution in [2.24, 2.45) is 0 Å². The Morgan fingerprint density at radius 1 is 1.09 bits per heavy atom. The molecule has 1 aliphatic rings. The zero-order chi connectivity index (χ0) is 21.8. The third kappa shape index (κ3) is 4.82. The van der Waals surface area contributed by atoms with Gasteiger partial charge in [-0.2, -0.15) is 0 Å². The molecule has 5 rings (SSSR count). The highest BCUT2D eigenvalue weighted by molar-refractivity contribution is 5.79. The van der Waals surface area contributed by atoms with E-state index in [9.17, 15) is 0 Å². The largest absolute Gasteiger partial charge is 0.361 e. The van der Waals surface area contributed by atoms with Crippen LogP contribution in [0.15, 0.2) is 67.0 Å². The number of H-pyrrole nitrogens is 1. The lowest BCUT2D eigenvalue weighted by Gasteiger charge is -2.33. The second-order valence-corrected chi connectivity index (χ2v) is 8.57. The molecular weight excluding hydrogens is 396 g/mol. The lowest BCUT2D eigenvalue weighted by atomic mass is 10.1. The highest BCUT2D eigenvalue weighted by Crippen LogP contribution is 2.21. The van der Waals surface area contributed by atoms with Crippen LogP contribution in [0.1, 0.15) is 18.1 Å². The molecule has 0 unspecified atom stereocenters. The zero-order valence-electron chi connectivity index (χ0n) is 18.5. The molecule has 3 heterocycles. The average Bonchev–Trinajstić information content (AvgIpc) is 3.29. The Kier molecular flexibility index (Phi) is 6.14. The number of aromatic nitrogens is 3. The van der Waals surface area contributed by atoms with E-state index < -0.39 is 0 Å². The van der Waals surface area contributed by atoms with Gasteiger partial charge in [0, 0.05) is 62.2 Å². The number of hydrogen-bond acceptors (Lipinski definition) is 5. The van der Waals surface area contributed by atoms with Crippen molar-refractivity contribution in [2.75, 3.05) is 31.5 Å². The summed E-state index contributed by atoms with van der Waals surface area (Å²) in [5.41, 5.74) is 5.88. The van der Waals surface area contributed by atoms with E-state index in [2.05, 4.69) is 81.0 Å². The van der Waals surface area contributed by atoms with Crippen molar-refractivity contribution in [1.29, 1.82) is 0 Å². The first kappa shape index (κ1) is 20.7. The fourth-order valence-electron chi connectivity index (χ4n) is 4.36. The number of nitrogens with zero attached hydrogens (tertiary/aromatic N) is 3. The summed E-state index contributed by atoms with van der Waals surface area (Å²) in [5.74, 6) is 0.673. The Bertz CT molecular complexity index is 1180. The molecule has 164 valence electrons. The highest BCUT2D eigenvalue weighted by atomic mass is 15.2. The predicted octanol–water partition coefficient (Wildman–Crippen LogP) is 4.07. The molecule has 0 radical (unpaired) electrons. The first-order chi connectivity index (χ1) is 15.7. The molecule has 4 aromatic rings. The van der Waals surface area contributed by atoms with Gasteiger partial charge in [-0.25, -0.2) is 9.97 Å². The summed E-state index contributed by atoms with van der Waals surface area (Å²) in [6, 6.07) is 19.9. The van der Waals surface area contributed by atoms with Crippen LogP contribution in [-0.2, 0) is 13.0 Å². The van der Waals surface area contributed by atoms with Crippen LogP contribution in [-0.4, -0.2) is 52.1 Å². The van der Waals surface area contributed by atoms with E-state index in [1.54, 1.807) is 0 Å². The summed E-state index contributed by atoms with van der Waals surface area (Å²) in [4.78, 5) is 15.0. The van der Waals surface area contributed by atoms with Gasteiger partial charge in [0.05, 0.1) is 5.69 Å². The Hall–Kier alpha value is -3.22. The van der Waals surface area contributed by atoms with Crippen LogP contribution in [0.3, 0.4) is 0 Å². The molecule has 1 fully saturated rings. The topological polar surface area (TPSA) is 68.9 Å². The fourth-order valence-corrected chi connectivity index (χ4v) is 4.36. The van der Waals surface area contributed by atoms with Gasteiger partial charge in [0.15, 0.2) is 0 Å². The van der Waals surface area contributed by atoms with Crippen LogP contribution < -0.4 is 10.6 Å². The average molecular weight is 427 g/mol. The molecule has 1 atom stereocenters. The highest BCUT2D eigenvalue weighted by Gasteiger charge is 2.18. The summed E-state index contributed by atoms with van der Waals surface area (Å²) >= 11 is 0. The van der Waals surface area contributed by atoms with Gasteiger partial charge >= 0.3 is 0 Å². The van der Waals surface area contributed by atoms with Gasteiger partial charge in [0.25, 0.3) is 0 Å². The van der Waals surface area contributed by atoms with E-state index in [0.717, 1.165) is 50.4 Å². The minimum Gasteiger partial charge on any atom is -0.361 e. The Morgan fingerprint density at radius 2 is 2.06 bits per heavy atom. The number of aromatic amines is 1. The number of benzene rings is 2. The van der Waals surface area contributed by atoms with Gasteiger partial charge < -0.3 is 15.6 Å². The molecule has 0 amide bonds. The summed E-state index contributed by atoms with van der Waals surface area (Å²) in [5, 5.41) is 8.09. The van der Waals surface area contributed by atoms with E-state index in [1.165, 1.54) is 22.0 Å². The lowest BCUT2D eigenvalue weighted by molar-refractivity contribution is 0.165. The first-order valence-corrected chi connectivity index (χ1v) is 11.4. The number of nitrogens with one attached hydrogen (secondary N) is 3. The van der Waals surface area contributed by atoms with Crippen LogP contribution in [0.25, 0.3) is 22.2 Å². The normalized spacial score (nSPS) is 17.0. The van der Waals surface area contributed by atoms with Crippen molar-refractivity contribution >= 4 is 16.9 Å². The number of fused-ring (bicyclic) bond motifs is 1. The summed E-state index contributed by atoms with van der Waals surface area (Å²) < 4.78 is 0. The molecule has 32 heavy (non-hydrogen) atoms. The van der Waals surface area contributed by atoms with E-state index >= 15 is 0 Å². The Labute approximate surface area is 189 Å². The van der Waals surface area contributed by atoms with Gasteiger partial charge in [0.1, 0.15) is 0 Å². The monoisotopic (exact) mass is 426 g/mol. The molecule has 6 nitrogen and oxygen atoms in total. The van der Waals surface area contributed by atoms with E-state index in [-0.39, 0.29) is 0 Å². The molecule has 0 bridgehead atoms. The quantitative estimate of drug-likeness (QED) is 0.416. The minimum absolute atomic E-state index is 0.556. The van der Waals surface area contributed by atoms with Crippen LogP contribution in [0.2, 0.25) is 0 Å². The number of hydrogen-bond donors (Lipinski definition) is 3. The van der Waals surface area contributed by atoms with Gasteiger partial charge in [-0.15, -0.1) is 0 Å². The maximum absolute atomic E-state index is 4.77. The zero-order valence-corrected chi connectivity index (χ0v) is 18.5. The SMILES string of the molecule is C[C@H]1CNCCN1Cc1cccc(-c2ccnc(NCCc3ccc4[nH]ccc4c3)n2)c1. The summed E-state index contributed by atoms with van der Waals surface area (Å²) in [6.07, 6.45) is 4.74. The Balaban J connectivity index is 1.23. The van der Waals surface area contributed by atoms with Crippen molar-refractivity contribution in [2.45, 2.75) is 25.9 Å².